The third-order valence-electron chi connectivity index (χ3n) is 3.66. The standard InChI is InChI=1S/C20H22ClFN2O2/c1-4-18(22)16-8-9-19(17(21)11-16)26-20-10-7-15(12-23-20)6-5-13(2)24-14(3)25/h5-13,18H,4H2,1-3H3,(H,24,25)/t13-,18?/m0/s1. The van der Waals surface area contributed by atoms with E-state index in [-0.39, 0.29) is 11.9 Å². The second kappa shape index (κ2) is 9.34. The first-order valence-corrected chi connectivity index (χ1v) is 8.79. The summed E-state index contributed by atoms with van der Waals surface area (Å²) >= 11 is 6.17. The summed E-state index contributed by atoms with van der Waals surface area (Å²) in [6, 6.07) is 8.38. The minimum absolute atomic E-state index is 0.0665. The number of hydrogen-bond acceptors (Lipinski definition) is 3. The van der Waals surface area contributed by atoms with Crippen LogP contribution in [-0.4, -0.2) is 16.9 Å². The Morgan fingerprint density at radius 3 is 2.73 bits per heavy atom. The van der Waals surface area contributed by atoms with Crippen molar-refractivity contribution in [1.82, 2.24) is 10.3 Å². The van der Waals surface area contributed by atoms with Crippen LogP contribution in [0.3, 0.4) is 0 Å². The van der Waals surface area contributed by atoms with Crippen molar-refractivity contribution in [3.63, 3.8) is 0 Å². The van der Waals surface area contributed by atoms with E-state index in [0.717, 1.165) is 5.56 Å². The van der Waals surface area contributed by atoms with Crippen LogP contribution in [0.15, 0.2) is 42.6 Å². The van der Waals surface area contributed by atoms with Crippen molar-refractivity contribution >= 4 is 23.6 Å². The lowest BCUT2D eigenvalue weighted by molar-refractivity contribution is -0.119. The second-order valence-corrected chi connectivity index (χ2v) is 6.35. The minimum atomic E-state index is -1.04. The Kier molecular flexibility index (Phi) is 7.16. The fourth-order valence-corrected chi connectivity index (χ4v) is 2.55. The number of nitrogens with zero attached hydrogens (tertiary/aromatic N) is 1. The summed E-state index contributed by atoms with van der Waals surface area (Å²) in [7, 11) is 0. The molecule has 2 atom stereocenters. The minimum Gasteiger partial charge on any atom is -0.437 e. The Hall–Kier alpha value is -2.40. The van der Waals surface area contributed by atoms with Crippen LogP contribution in [0.2, 0.25) is 5.02 Å². The number of benzene rings is 1. The average Bonchev–Trinajstić information content (AvgIpc) is 2.61. The van der Waals surface area contributed by atoms with Gasteiger partial charge in [0.2, 0.25) is 11.8 Å². The number of carbonyl (C=O) groups is 1. The maximum Gasteiger partial charge on any atom is 0.219 e. The van der Waals surface area contributed by atoms with Crippen LogP contribution in [-0.2, 0) is 4.79 Å². The van der Waals surface area contributed by atoms with E-state index in [2.05, 4.69) is 10.3 Å². The van der Waals surface area contributed by atoms with Gasteiger partial charge in [-0.15, -0.1) is 0 Å². The maximum atomic E-state index is 13.7. The van der Waals surface area contributed by atoms with Gasteiger partial charge in [0.1, 0.15) is 11.9 Å². The van der Waals surface area contributed by atoms with Gasteiger partial charge in [-0.2, -0.15) is 0 Å². The van der Waals surface area contributed by atoms with Crippen LogP contribution in [0.5, 0.6) is 11.6 Å². The molecule has 0 bridgehead atoms. The van der Waals surface area contributed by atoms with E-state index < -0.39 is 6.17 Å². The summed E-state index contributed by atoms with van der Waals surface area (Å²) in [6.45, 7) is 5.14. The number of rotatable bonds is 7. The Balaban J connectivity index is 2.03. The van der Waals surface area contributed by atoms with Gasteiger partial charge in [0.15, 0.2) is 0 Å². The fraction of sp³-hybridized carbons (Fsp3) is 0.300. The number of amides is 1. The van der Waals surface area contributed by atoms with Crippen molar-refractivity contribution in [3.05, 3.63) is 58.8 Å². The van der Waals surface area contributed by atoms with Crippen LogP contribution in [0.1, 0.15) is 44.5 Å². The van der Waals surface area contributed by atoms with Gasteiger partial charge in [-0.05, 0) is 42.7 Å². The van der Waals surface area contributed by atoms with Gasteiger partial charge in [0.05, 0.1) is 5.02 Å². The third kappa shape index (κ3) is 5.85. The van der Waals surface area contributed by atoms with Gasteiger partial charge in [-0.3, -0.25) is 4.79 Å². The molecule has 6 heteroatoms. The Morgan fingerprint density at radius 2 is 2.15 bits per heavy atom. The summed E-state index contributed by atoms with van der Waals surface area (Å²) in [6.07, 6.45) is 4.75. The van der Waals surface area contributed by atoms with Crippen LogP contribution in [0.4, 0.5) is 4.39 Å². The van der Waals surface area contributed by atoms with E-state index in [1.165, 1.54) is 6.92 Å². The van der Waals surface area contributed by atoms with E-state index in [1.807, 2.05) is 25.1 Å². The summed E-state index contributed by atoms with van der Waals surface area (Å²) in [5.41, 5.74) is 1.41. The number of nitrogens with one attached hydrogen (secondary N) is 1. The second-order valence-electron chi connectivity index (χ2n) is 5.95. The lowest BCUT2D eigenvalue weighted by Crippen LogP contribution is -2.28. The molecule has 26 heavy (non-hydrogen) atoms. The third-order valence-corrected chi connectivity index (χ3v) is 3.95. The molecule has 0 saturated carbocycles. The van der Waals surface area contributed by atoms with Crippen LogP contribution >= 0.6 is 11.6 Å². The topological polar surface area (TPSA) is 51.2 Å². The van der Waals surface area contributed by atoms with E-state index in [9.17, 15) is 9.18 Å². The molecule has 1 amide bonds. The molecule has 0 radical (unpaired) electrons. The van der Waals surface area contributed by atoms with Gasteiger partial charge in [0, 0.05) is 25.2 Å². The highest BCUT2D eigenvalue weighted by atomic mass is 35.5. The number of aromatic nitrogens is 1. The van der Waals surface area contributed by atoms with Crippen LogP contribution in [0.25, 0.3) is 6.08 Å². The molecule has 1 N–H and O–H groups in total. The number of halogens is 2. The molecule has 0 spiro atoms. The van der Waals surface area contributed by atoms with Crippen molar-refractivity contribution < 1.29 is 13.9 Å². The molecule has 0 fully saturated rings. The van der Waals surface area contributed by atoms with E-state index >= 15 is 0 Å². The number of hydrogen-bond donors (Lipinski definition) is 1. The number of alkyl halides is 1. The highest BCUT2D eigenvalue weighted by Crippen LogP contribution is 2.32. The normalized spacial score (nSPS) is 13.4. The van der Waals surface area contributed by atoms with Crippen molar-refractivity contribution in [2.75, 3.05) is 0 Å². The van der Waals surface area contributed by atoms with Gasteiger partial charge >= 0.3 is 0 Å². The lowest BCUT2D eigenvalue weighted by atomic mass is 10.1. The smallest absolute Gasteiger partial charge is 0.219 e. The summed E-state index contributed by atoms with van der Waals surface area (Å²) in [5.74, 6) is 0.734. The molecular weight excluding hydrogens is 355 g/mol. The van der Waals surface area contributed by atoms with Crippen molar-refractivity contribution in [2.24, 2.45) is 0 Å². The predicted molar refractivity (Wildman–Crippen MR) is 102 cm³/mol. The van der Waals surface area contributed by atoms with E-state index in [4.69, 9.17) is 16.3 Å². The molecule has 0 aliphatic carbocycles. The Morgan fingerprint density at radius 1 is 1.38 bits per heavy atom. The van der Waals surface area contributed by atoms with Crippen molar-refractivity contribution in [1.29, 1.82) is 0 Å². The van der Waals surface area contributed by atoms with E-state index in [1.54, 1.807) is 37.4 Å². The van der Waals surface area contributed by atoms with Crippen LogP contribution < -0.4 is 10.1 Å². The van der Waals surface area contributed by atoms with E-state index in [0.29, 0.717) is 28.6 Å². The Labute approximate surface area is 158 Å². The van der Waals surface area contributed by atoms with Crippen LogP contribution in [0, 0.1) is 0 Å². The predicted octanol–water partition coefficient (Wildman–Crippen LogP) is 5.49. The zero-order chi connectivity index (χ0) is 19.1. The molecule has 0 saturated heterocycles. The first kappa shape index (κ1) is 19.9. The summed E-state index contributed by atoms with van der Waals surface area (Å²) < 4.78 is 19.4. The lowest BCUT2D eigenvalue weighted by Gasteiger charge is -2.10. The molecule has 1 aromatic carbocycles. The monoisotopic (exact) mass is 376 g/mol. The number of pyridine rings is 1. The van der Waals surface area contributed by atoms with Gasteiger partial charge in [-0.25, -0.2) is 9.37 Å². The van der Waals surface area contributed by atoms with Gasteiger partial charge in [0.25, 0.3) is 0 Å². The average molecular weight is 377 g/mol. The molecule has 1 aromatic heterocycles. The molecule has 0 aliphatic rings. The molecule has 0 aliphatic heterocycles. The zero-order valence-corrected chi connectivity index (χ0v) is 15.8. The fourth-order valence-electron chi connectivity index (χ4n) is 2.32. The molecule has 138 valence electrons. The molecule has 2 aromatic rings. The summed E-state index contributed by atoms with van der Waals surface area (Å²) in [5, 5.41) is 3.11. The zero-order valence-electron chi connectivity index (χ0n) is 15.0. The Bertz CT molecular complexity index is 778. The largest absolute Gasteiger partial charge is 0.437 e. The van der Waals surface area contributed by atoms with Gasteiger partial charge in [-0.1, -0.05) is 36.7 Å². The van der Waals surface area contributed by atoms with Gasteiger partial charge < -0.3 is 10.1 Å². The molecule has 2 rings (SSSR count). The highest BCUT2D eigenvalue weighted by molar-refractivity contribution is 6.32. The summed E-state index contributed by atoms with van der Waals surface area (Å²) in [4.78, 5) is 15.2. The van der Waals surface area contributed by atoms with Crippen molar-refractivity contribution in [2.45, 2.75) is 39.4 Å². The first-order chi connectivity index (χ1) is 12.4. The molecule has 4 nitrogen and oxygen atoms in total. The number of carbonyl (C=O) groups excluding carboxylic acids is 1. The molecular formula is C20H22ClFN2O2. The molecule has 1 unspecified atom stereocenters. The first-order valence-electron chi connectivity index (χ1n) is 8.41. The SMILES string of the molecule is CCC(F)c1ccc(Oc2ccc(C=C[C@H](C)NC(C)=O)cn2)c(Cl)c1. The molecule has 1 heterocycles. The highest BCUT2D eigenvalue weighted by Gasteiger charge is 2.11. The maximum absolute atomic E-state index is 13.7. The van der Waals surface area contributed by atoms with Crippen molar-refractivity contribution in [3.8, 4) is 11.6 Å². The quantitative estimate of drug-likeness (QED) is 0.695. The number of ether oxygens (including phenoxy) is 1.